The lowest BCUT2D eigenvalue weighted by Gasteiger charge is -2.27. The van der Waals surface area contributed by atoms with Crippen LogP contribution < -0.4 is 4.90 Å². The van der Waals surface area contributed by atoms with Crippen molar-refractivity contribution in [1.82, 2.24) is 0 Å². The Bertz CT molecular complexity index is 2830. The summed E-state index contributed by atoms with van der Waals surface area (Å²) >= 11 is 0. The second kappa shape index (κ2) is 11.9. The number of nitrogens with zero attached hydrogens (tertiary/aromatic N) is 1. The van der Waals surface area contributed by atoms with E-state index in [9.17, 15) is 0 Å². The molecule has 8 aromatic carbocycles. The van der Waals surface area contributed by atoms with E-state index in [1.54, 1.807) is 0 Å². The highest BCUT2D eigenvalue weighted by Crippen LogP contribution is 2.49. The molecule has 0 amide bonds. The average Bonchev–Trinajstić information content (AvgIpc) is 3.79. The number of hydrogen-bond acceptors (Lipinski definition) is 3. The molecule has 51 heavy (non-hydrogen) atoms. The van der Waals surface area contributed by atoms with Gasteiger partial charge in [0, 0.05) is 22.0 Å². The van der Waals surface area contributed by atoms with Gasteiger partial charge in [-0.15, -0.1) is 0 Å². The number of hydrogen-bond donors (Lipinski definition) is 0. The predicted molar refractivity (Wildman–Crippen MR) is 212 cm³/mol. The van der Waals surface area contributed by atoms with Crippen LogP contribution in [0.25, 0.3) is 77.3 Å². The van der Waals surface area contributed by atoms with Gasteiger partial charge in [-0.25, -0.2) is 0 Å². The molecule has 2 heterocycles. The molecule has 10 aromatic rings. The molecule has 0 unspecified atom stereocenters. The lowest BCUT2D eigenvalue weighted by atomic mass is 9.98. The molecule has 0 aliphatic carbocycles. The fourth-order valence-corrected chi connectivity index (χ4v) is 7.48. The first kappa shape index (κ1) is 29.1. The van der Waals surface area contributed by atoms with Crippen molar-refractivity contribution in [3.63, 3.8) is 0 Å². The minimum atomic E-state index is 0.850. The van der Waals surface area contributed by atoms with Crippen molar-refractivity contribution in [3.05, 3.63) is 188 Å². The van der Waals surface area contributed by atoms with Crippen LogP contribution in [0.2, 0.25) is 0 Å². The summed E-state index contributed by atoms with van der Waals surface area (Å²) in [6.45, 7) is 0. The zero-order valence-corrected chi connectivity index (χ0v) is 27.7. The second-order valence-corrected chi connectivity index (χ2v) is 12.9. The fraction of sp³-hybridized carbons (Fsp3) is 0. The van der Waals surface area contributed by atoms with Gasteiger partial charge in [0.05, 0.1) is 22.1 Å². The summed E-state index contributed by atoms with van der Waals surface area (Å²) in [4.78, 5) is 2.37. The number of benzene rings is 8. The van der Waals surface area contributed by atoms with Crippen LogP contribution in [0.5, 0.6) is 0 Å². The molecule has 0 bridgehead atoms. The highest BCUT2D eigenvalue weighted by molar-refractivity contribution is 6.19. The third kappa shape index (κ3) is 4.90. The third-order valence-corrected chi connectivity index (χ3v) is 9.90. The van der Waals surface area contributed by atoms with E-state index in [-0.39, 0.29) is 0 Å². The minimum absolute atomic E-state index is 0.850. The number of fused-ring (bicyclic) bond motifs is 6. The molecule has 10 rings (SSSR count). The van der Waals surface area contributed by atoms with Gasteiger partial charge in [0.25, 0.3) is 0 Å². The summed E-state index contributed by atoms with van der Waals surface area (Å²) in [6.07, 6.45) is 0. The SMILES string of the molecule is c1ccc(-c2ccc(-c3ccc(N(c4cccc5oc6ccccc6c45)c4ccc(-c5ccccc5)c5oc6ccccc6c45)cc3)cc2)cc1. The molecule has 0 aliphatic rings. The van der Waals surface area contributed by atoms with Crippen molar-refractivity contribution in [2.75, 3.05) is 4.90 Å². The average molecular weight is 654 g/mol. The lowest BCUT2D eigenvalue weighted by Crippen LogP contribution is -2.11. The van der Waals surface area contributed by atoms with E-state index >= 15 is 0 Å². The highest BCUT2D eigenvalue weighted by atomic mass is 16.3. The fourth-order valence-electron chi connectivity index (χ4n) is 7.48. The van der Waals surface area contributed by atoms with Crippen LogP contribution in [-0.4, -0.2) is 0 Å². The molecule has 0 spiro atoms. The minimum Gasteiger partial charge on any atom is -0.456 e. The largest absolute Gasteiger partial charge is 0.456 e. The van der Waals surface area contributed by atoms with Crippen molar-refractivity contribution in [1.29, 1.82) is 0 Å². The first-order valence-corrected chi connectivity index (χ1v) is 17.3. The zero-order chi connectivity index (χ0) is 33.7. The molecule has 3 nitrogen and oxygen atoms in total. The molecule has 0 radical (unpaired) electrons. The van der Waals surface area contributed by atoms with Crippen LogP contribution in [-0.2, 0) is 0 Å². The molecule has 0 saturated carbocycles. The lowest BCUT2D eigenvalue weighted by molar-refractivity contribution is 0.669. The summed E-state index contributed by atoms with van der Waals surface area (Å²) in [6, 6.07) is 66.1. The van der Waals surface area contributed by atoms with E-state index in [1.807, 2.05) is 24.3 Å². The van der Waals surface area contributed by atoms with Crippen molar-refractivity contribution >= 4 is 60.9 Å². The van der Waals surface area contributed by atoms with Gasteiger partial charge in [-0.1, -0.05) is 140 Å². The number of anilines is 3. The van der Waals surface area contributed by atoms with E-state index in [4.69, 9.17) is 8.83 Å². The van der Waals surface area contributed by atoms with Gasteiger partial charge in [-0.3, -0.25) is 0 Å². The highest BCUT2D eigenvalue weighted by Gasteiger charge is 2.24. The summed E-state index contributed by atoms with van der Waals surface area (Å²) in [5, 5.41) is 4.29. The first-order chi connectivity index (χ1) is 25.3. The first-order valence-electron chi connectivity index (χ1n) is 17.3. The van der Waals surface area contributed by atoms with Crippen molar-refractivity contribution < 1.29 is 8.83 Å². The van der Waals surface area contributed by atoms with Gasteiger partial charge >= 0.3 is 0 Å². The van der Waals surface area contributed by atoms with Gasteiger partial charge < -0.3 is 13.7 Å². The van der Waals surface area contributed by atoms with Crippen LogP contribution in [0.4, 0.5) is 17.1 Å². The van der Waals surface area contributed by atoms with Crippen molar-refractivity contribution in [2.45, 2.75) is 0 Å². The van der Waals surface area contributed by atoms with Gasteiger partial charge in [-0.2, -0.15) is 0 Å². The molecule has 0 fully saturated rings. The van der Waals surface area contributed by atoms with E-state index in [1.165, 1.54) is 16.7 Å². The van der Waals surface area contributed by atoms with E-state index in [2.05, 4.69) is 169 Å². The van der Waals surface area contributed by atoms with Gasteiger partial charge in [0.1, 0.15) is 22.3 Å². The molecular formula is C48H31NO2. The standard InChI is InChI=1S/C48H31NO2/c1-3-12-32(13-4-1)33-22-24-34(25-23-33)35-26-28-37(29-27-35)49(41-18-11-21-45-46(41)39-16-7-9-19-43(39)50-45)42-31-30-38(36-14-5-2-6-15-36)48-47(42)40-17-8-10-20-44(40)51-48/h1-31H. The smallest absolute Gasteiger partial charge is 0.145 e. The Morgan fingerprint density at radius 2 is 0.804 bits per heavy atom. The second-order valence-electron chi connectivity index (χ2n) is 12.9. The Morgan fingerprint density at radius 1 is 0.314 bits per heavy atom. The Balaban J connectivity index is 1.19. The normalized spacial score (nSPS) is 11.5. The summed E-state index contributed by atoms with van der Waals surface area (Å²) < 4.78 is 13.1. The number of rotatable bonds is 6. The van der Waals surface area contributed by atoms with E-state index in [0.717, 1.165) is 77.6 Å². The van der Waals surface area contributed by atoms with Gasteiger partial charge in [0.2, 0.25) is 0 Å². The maximum atomic E-state index is 6.72. The molecule has 0 atom stereocenters. The molecule has 0 N–H and O–H groups in total. The van der Waals surface area contributed by atoms with Gasteiger partial charge in [0.15, 0.2) is 0 Å². The quantitative estimate of drug-likeness (QED) is 0.179. The molecule has 0 saturated heterocycles. The van der Waals surface area contributed by atoms with E-state index < -0.39 is 0 Å². The topological polar surface area (TPSA) is 29.5 Å². The molecule has 240 valence electrons. The van der Waals surface area contributed by atoms with Crippen LogP contribution >= 0.6 is 0 Å². The molecular weight excluding hydrogens is 623 g/mol. The van der Waals surface area contributed by atoms with Crippen LogP contribution in [0.15, 0.2) is 197 Å². The Labute approximate surface area is 295 Å². The predicted octanol–water partition coefficient (Wildman–Crippen LogP) is 14.0. The third-order valence-electron chi connectivity index (χ3n) is 9.90. The van der Waals surface area contributed by atoms with Crippen molar-refractivity contribution in [3.8, 4) is 33.4 Å². The Morgan fingerprint density at radius 3 is 1.47 bits per heavy atom. The monoisotopic (exact) mass is 653 g/mol. The van der Waals surface area contributed by atoms with Crippen LogP contribution in [0, 0.1) is 0 Å². The Hall–Kier alpha value is -6.84. The molecule has 0 aliphatic heterocycles. The van der Waals surface area contributed by atoms with Crippen LogP contribution in [0.3, 0.4) is 0 Å². The van der Waals surface area contributed by atoms with Crippen molar-refractivity contribution in [2.24, 2.45) is 0 Å². The zero-order valence-electron chi connectivity index (χ0n) is 27.7. The summed E-state index contributed by atoms with van der Waals surface area (Å²) in [5.41, 5.74) is 13.5. The maximum Gasteiger partial charge on any atom is 0.145 e. The molecule has 3 heteroatoms. The summed E-state index contributed by atoms with van der Waals surface area (Å²) in [5.74, 6) is 0. The van der Waals surface area contributed by atoms with E-state index in [0.29, 0.717) is 0 Å². The number of furan rings is 2. The maximum absolute atomic E-state index is 6.72. The summed E-state index contributed by atoms with van der Waals surface area (Å²) in [7, 11) is 0. The number of para-hydroxylation sites is 2. The van der Waals surface area contributed by atoms with Gasteiger partial charge in [-0.05, 0) is 76.3 Å². The molecule has 2 aromatic heterocycles. The van der Waals surface area contributed by atoms with Crippen LogP contribution in [0.1, 0.15) is 0 Å². The Kier molecular flexibility index (Phi) is 6.81.